The molecule has 3 aromatic rings. The quantitative estimate of drug-likeness (QED) is 0.498. The molecule has 0 aliphatic carbocycles. The number of hydrogen-bond acceptors (Lipinski definition) is 5. The van der Waals surface area contributed by atoms with E-state index in [-0.39, 0.29) is 17.4 Å². The summed E-state index contributed by atoms with van der Waals surface area (Å²) in [4.78, 5) is 12.7. The van der Waals surface area contributed by atoms with Gasteiger partial charge in [0.15, 0.2) is 16.8 Å². The van der Waals surface area contributed by atoms with Crippen LogP contribution in [0.1, 0.15) is 9.67 Å². The minimum absolute atomic E-state index is 0.0256. The summed E-state index contributed by atoms with van der Waals surface area (Å²) in [7, 11) is 1.75. The Kier molecular flexibility index (Phi) is 4.79. The average Bonchev–Trinajstić information content (AvgIpc) is 3.12. The van der Waals surface area contributed by atoms with Crippen LogP contribution in [0.5, 0.6) is 0 Å². The van der Waals surface area contributed by atoms with Crippen molar-refractivity contribution in [3.05, 3.63) is 51.4 Å². The van der Waals surface area contributed by atoms with Crippen LogP contribution in [-0.2, 0) is 7.05 Å². The summed E-state index contributed by atoms with van der Waals surface area (Å²) in [6.07, 6.45) is 0. The number of carbonyl (C=O) groups excluding carboxylic acids is 1. The summed E-state index contributed by atoms with van der Waals surface area (Å²) < 4.78 is 16.1. The molecule has 0 atom stereocenters. The molecule has 23 heavy (non-hydrogen) atoms. The fourth-order valence-corrected chi connectivity index (χ4v) is 3.85. The molecule has 0 fully saturated rings. The standard InChI is InChI=1S/C15H11ClFN3OS2/c1-20-14(9-4-2-3-5-10(9)17)18-19-15(20)22-8-11(21)12-6-7-13(16)23-12/h2-7H,8H2,1H3. The molecule has 2 aromatic heterocycles. The Morgan fingerprint density at radius 3 is 2.78 bits per heavy atom. The van der Waals surface area contributed by atoms with Gasteiger partial charge in [-0.3, -0.25) is 4.79 Å². The molecule has 0 bridgehead atoms. The summed E-state index contributed by atoms with van der Waals surface area (Å²) in [5.41, 5.74) is 0.380. The van der Waals surface area contributed by atoms with Crippen molar-refractivity contribution < 1.29 is 9.18 Å². The van der Waals surface area contributed by atoms with Crippen LogP contribution in [0, 0.1) is 5.82 Å². The lowest BCUT2D eigenvalue weighted by atomic mass is 10.2. The first-order chi connectivity index (χ1) is 11.1. The topological polar surface area (TPSA) is 47.8 Å². The summed E-state index contributed by atoms with van der Waals surface area (Å²) in [6.45, 7) is 0. The fourth-order valence-electron chi connectivity index (χ4n) is 1.98. The van der Waals surface area contributed by atoms with Crippen molar-refractivity contribution >= 4 is 40.5 Å². The van der Waals surface area contributed by atoms with Crippen molar-refractivity contribution in [3.63, 3.8) is 0 Å². The van der Waals surface area contributed by atoms with Crippen LogP contribution in [0.3, 0.4) is 0 Å². The van der Waals surface area contributed by atoms with Crippen LogP contribution in [0.15, 0.2) is 41.6 Å². The largest absolute Gasteiger partial charge is 0.305 e. The Balaban J connectivity index is 1.75. The minimum atomic E-state index is -0.358. The van der Waals surface area contributed by atoms with Crippen LogP contribution >= 0.6 is 34.7 Å². The second-order valence-electron chi connectivity index (χ2n) is 4.66. The lowest BCUT2D eigenvalue weighted by Crippen LogP contribution is -2.02. The highest BCUT2D eigenvalue weighted by molar-refractivity contribution is 7.99. The van der Waals surface area contributed by atoms with Crippen LogP contribution in [0.2, 0.25) is 4.34 Å². The second-order valence-corrected chi connectivity index (χ2v) is 7.32. The van der Waals surface area contributed by atoms with Gasteiger partial charge < -0.3 is 4.57 Å². The van der Waals surface area contributed by atoms with Gasteiger partial charge in [0.25, 0.3) is 0 Å². The highest BCUT2D eigenvalue weighted by Crippen LogP contribution is 2.27. The Hall–Kier alpha value is -1.70. The van der Waals surface area contributed by atoms with Gasteiger partial charge in [-0.1, -0.05) is 35.5 Å². The smallest absolute Gasteiger partial charge is 0.191 e. The Bertz CT molecular complexity index is 862. The van der Waals surface area contributed by atoms with Gasteiger partial charge in [-0.05, 0) is 24.3 Å². The summed E-state index contributed by atoms with van der Waals surface area (Å²) >= 11 is 8.34. The van der Waals surface area contributed by atoms with Crippen molar-refractivity contribution in [2.45, 2.75) is 5.16 Å². The molecular weight excluding hydrogens is 357 g/mol. The van der Waals surface area contributed by atoms with Crippen molar-refractivity contribution in [2.75, 3.05) is 5.75 Å². The Morgan fingerprint density at radius 1 is 1.30 bits per heavy atom. The first-order valence-corrected chi connectivity index (χ1v) is 8.80. The van der Waals surface area contributed by atoms with E-state index in [0.29, 0.717) is 25.8 Å². The lowest BCUT2D eigenvalue weighted by molar-refractivity contribution is 0.102. The number of hydrogen-bond donors (Lipinski definition) is 0. The zero-order valence-corrected chi connectivity index (χ0v) is 14.4. The first-order valence-electron chi connectivity index (χ1n) is 6.62. The maximum atomic E-state index is 13.8. The number of carbonyl (C=O) groups is 1. The Morgan fingerprint density at radius 2 is 2.09 bits per heavy atom. The van der Waals surface area contributed by atoms with E-state index in [0.717, 1.165) is 0 Å². The molecule has 3 rings (SSSR count). The van der Waals surface area contributed by atoms with E-state index < -0.39 is 0 Å². The van der Waals surface area contributed by atoms with Crippen LogP contribution in [0.4, 0.5) is 4.39 Å². The number of nitrogens with zero attached hydrogens (tertiary/aromatic N) is 3. The molecule has 0 unspecified atom stereocenters. The number of thioether (sulfide) groups is 1. The predicted molar refractivity (Wildman–Crippen MR) is 90.8 cm³/mol. The number of rotatable bonds is 5. The van der Waals surface area contributed by atoms with Gasteiger partial charge in [-0.25, -0.2) is 4.39 Å². The molecule has 0 radical (unpaired) electrons. The minimum Gasteiger partial charge on any atom is -0.305 e. The number of benzene rings is 1. The highest BCUT2D eigenvalue weighted by Gasteiger charge is 2.16. The van der Waals surface area contributed by atoms with E-state index >= 15 is 0 Å². The van der Waals surface area contributed by atoms with Gasteiger partial charge in [0.05, 0.1) is 20.5 Å². The van der Waals surface area contributed by atoms with E-state index in [1.54, 1.807) is 41.9 Å². The van der Waals surface area contributed by atoms with Gasteiger partial charge in [-0.2, -0.15) is 0 Å². The van der Waals surface area contributed by atoms with Gasteiger partial charge in [-0.15, -0.1) is 21.5 Å². The molecular formula is C15H11ClFN3OS2. The zero-order valence-electron chi connectivity index (χ0n) is 12.0. The molecule has 0 spiro atoms. The highest BCUT2D eigenvalue weighted by atomic mass is 35.5. The molecule has 118 valence electrons. The van der Waals surface area contributed by atoms with Crippen molar-refractivity contribution in [3.8, 4) is 11.4 Å². The summed E-state index contributed by atoms with van der Waals surface area (Å²) in [5.74, 6) is 0.267. The van der Waals surface area contributed by atoms with Gasteiger partial charge in [0.1, 0.15) is 5.82 Å². The molecule has 0 saturated heterocycles. The molecule has 0 saturated carbocycles. The second kappa shape index (κ2) is 6.82. The van der Waals surface area contributed by atoms with E-state index in [1.165, 1.54) is 29.2 Å². The van der Waals surface area contributed by atoms with Crippen molar-refractivity contribution in [2.24, 2.45) is 7.05 Å². The zero-order chi connectivity index (χ0) is 16.4. The molecule has 4 nitrogen and oxygen atoms in total. The number of ketones is 1. The number of thiophene rings is 1. The monoisotopic (exact) mass is 367 g/mol. The van der Waals surface area contributed by atoms with Crippen LogP contribution in [0.25, 0.3) is 11.4 Å². The number of Topliss-reactive ketones (excluding diaryl/α,β-unsaturated/α-hetero) is 1. The third-order valence-corrected chi connectivity index (χ3v) is 5.42. The third kappa shape index (κ3) is 3.46. The van der Waals surface area contributed by atoms with E-state index in [1.807, 2.05) is 0 Å². The molecule has 1 aromatic carbocycles. The van der Waals surface area contributed by atoms with Crippen molar-refractivity contribution in [1.29, 1.82) is 0 Å². The van der Waals surface area contributed by atoms with E-state index in [9.17, 15) is 9.18 Å². The summed E-state index contributed by atoms with van der Waals surface area (Å²) in [5, 5.41) is 8.62. The van der Waals surface area contributed by atoms with Gasteiger partial charge >= 0.3 is 0 Å². The lowest BCUT2D eigenvalue weighted by Gasteiger charge is -2.04. The van der Waals surface area contributed by atoms with Gasteiger partial charge in [0.2, 0.25) is 0 Å². The number of halogens is 2. The van der Waals surface area contributed by atoms with E-state index in [4.69, 9.17) is 11.6 Å². The first kappa shape index (κ1) is 16.2. The maximum Gasteiger partial charge on any atom is 0.191 e. The average molecular weight is 368 g/mol. The Labute approximate surface area is 145 Å². The fraction of sp³-hybridized carbons (Fsp3) is 0.133. The van der Waals surface area contributed by atoms with Crippen LogP contribution in [-0.4, -0.2) is 26.3 Å². The normalized spacial score (nSPS) is 10.9. The molecule has 8 heteroatoms. The SMILES string of the molecule is Cn1c(SCC(=O)c2ccc(Cl)s2)nnc1-c1ccccc1F. The molecule has 0 N–H and O–H groups in total. The van der Waals surface area contributed by atoms with Crippen molar-refractivity contribution in [1.82, 2.24) is 14.8 Å². The predicted octanol–water partition coefficient (Wildman–Crippen LogP) is 4.31. The van der Waals surface area contributed by atoms with E-state index in [2.05, 4.69) is 10.2 Å². The number of aromatic nitrogens is 3. The summed E-state index contributed by atoms with van der Waals surface area (Å²) in [6, 6.07) is 9.78. The molecule has 0 aliphatic rings. The van der Waals surface area contributed by atoms with Gasteiger partial charge in [0, 0.05) is 7.05 Å². The molecule has 0 aliphatic heterocycles. The molecule has 2 heterocycles. The third-order valence-electron chi connectivity index (χ3n) is 3.13. The van der Waals surface area contributed by atoms with Crippen LogP contribution < -0.4 is 0 Å². The molecule has 0 amide bonds. The maximum absolute atomic E-state index is 13.8.